The first-order valence-corrected chi connectivity index (χ1v) is 11.1. The number of hydrogen-bond donors (Lipinski definition) is 2. The number of aromatic nitrogens is 1. The van der Waals surface area contributed by atoms with Crippen LogP contribution in [0.1, 0.15) is 44.4 Å². The molecular formula is C28H23N3O3. The van der Waals surface area contributed by atoms with Gasteiger partial charge in [-0.3, -0.25) is 14.6 Å². The van der Waals surface area contributed by atoms with Crippen LogP contribution in [-0.4, -0.2) is 16.8 Å². The number of primary amides is 1. The van der Waals surface area contributed by atoms with Crippen LogP contribution in [0.3, 0.4) is 0 Å². The van der Waals surface area contributed by atoms with Gasteiger partial charge in [0, 0.05) is 17.4 Å². The number of nitrogens with zero attached hydrogens (tertiary/aromatic N) is 1. The Morgan fingerprint density at radius 2 is 1.65 bits per heavy atom. The number of ether oxygens (including phenoxy) is 1. The molecule has 0 spiro atoms. The van der Waals surface area contributed by atoms with Crippen LogP contribution >= 0.6 is 0 Å². The summed E-state index contributed by atoms with van der Waals surface area (Å²) in [7, 11) is 0. The van der Waals surface area contributed by atoms with Crippen molar-refractivity contribution >= 4 is 17.5 Å². The lowest BCUT2D eigenvalue weighted by Crippen LogP contribution is -2.13. The molecule has 1 aliphatic carbocycles. The molecule has 0 radical (unpaired) electrons. The molecule has 3 N–H and O–H groups in total. The summed E-state index contributed by atoms with van der Waals surface area (Å²) >= 11 is 0. The number of rotatable bonds is 6. The fourth-order valence-electron chi connectivity index (χ4n) is 4.19. The van der Waals surface area contributed by atoms with Gasteiger partial charge in [-0.1, -0.05) is 48.5 Å². The maximum Gasteiger partial charge on any atom is 0.255 e. The summed E-state index contributed by atoms with van der Waals surface area (Å²) in [6.45, 7) is 0. The van der Waals surface area contributed by atoms with Crippen molar-refractivity contribution < 1.29 is 14.3 Å². The van der Waals surface area contributed by atoms with Gasteiger partial charge in [0.15, 0.2) is 0 Å². The first-order chi connectivity index (χ1) is 16.6. The van der Waals surface area contributed by atoms with Gasteiger partial charge in [-0.15, -0.1) is 0 Å². The van der Waals surface area contributed by atoms with Gasteiger partial charge in [0.05, 0.1) is 11.8 Å². The molecule has 2 amide bonds. The van der Waals surface area contributed by atoms with Gasteiger partial charge in [0.25, 0.3) is 5.91 Å². The minimum atomic E-state index is -0.549. The topological polar surface area (TPSA) is 94.3 Å². The maximum absolute atomic E-state index is 12.8. The molecule has 5 rings (SSSR count). The van der Waals surface area contributed by atoms with E-state index in [1.807, 2.05) is 72.8 Å². The van der Waals surface area contributed by atoms with Gasteiger partial charge in [0.1, 0.15) is 11.9 Å². The largest absolute Gasteiger partial charge is 0.484 e. The van der Waals surface area contributed by atoms with E-state index in [0.717, 1.165) is 29.5 Å². The van der Waals surface area contributed by atoms with E-state index in [1.165, 1.54) is 11.8 Å². The normalized spacial score (nSPS) is 14.3. The van der Waals surface area contributed by atoms with Crippen molar-refractivity contribution in [1.82, 2.24) is 4.98 Å². The van der Waals surface area contributed by atoms with Gasteiger partial charge >= 0.3 is 0 Å². The number of fused-ring (bicyclic) bond motifs is 1. The lowest BCUT2D eigenvalue weighted by molar-refractivity contribution is 0.0996. The van der Waals surface area contributed by atoms with Gasteiger partial charge < -0.3 is 15.8 Å². The van der Waals surface area contributed by atoms with Crippen molar-refractivity contribution in [2.75, 3.05) is 5.32 Å². The summed E-state index contributed by atoms with van der Waals surface area (Å²) in [6.07, 6.45) is 4.46. The van der Waals surface area contributed by atoms with E-state index in [9.17, 15) is 9.59 Å². The minimum absolute atomic E-state index is 0.173. The molecule has 6 nitrogen and oxygen atoms in total. The van der Waals surface area contributed by atoms with Gasteiger partial charge in [-0.2, -0.15) is 0 Å². The Morgan fingerprint density at radius 1 is 0.882 bits per heavy atom. The van der Waals surface area contributed by atoms with E-state index >= 15 is 0 Å². The minimum Gasteiger partial charge on any atom is -0.484 e. The third-order valence-corrected chi connectivity index (χ3v) is 5.96. The third kappa shape index (κ3) is 4.52. The zero-order valence-corrected chi connectivity index (χ0v) is 18.4. The molecule has 34 heavy (non-hydrogen) atoms. The zero-order chi connectivity index (χ0) is 23.5. The highest BCUT2D eigenvalue weighted by Crippen LogP contribution is 2.36. The SMILES string of the molecule is NC(=O)c1cncc(O[C@H]2CCc3ccc(NC(=O)c4ccc(-c5ccccc5)cc4)cc32)c1. The summed E-state index contributed by atoms with van der Waals surface area (Å²) in [4.78, 5) is 28.3. The van der Waals surface area contributed by atoms with Gasteiger partial charge in [-0.05, 0) is 65.4 Å². The number of pyridine rings is 1. The van der Waals surface area contributed by atoms with Crippen molar-refractivity contribution in [1.29, 1.82) is 0 Å². The van der Waals surface area contributed by atoms with Crippen LogP contribution in [0.25, 0.3) is 11.1 Å². The summed E-state index contributed by atoms with van der Waals surface area (Å²) < 4.78 is 6.11. The van der Waals surface area contributed by atoms with Crippen LogP contribution in [-0.2, 0) is 6.42 Å². The zero-order valence-electron chi connectivity index (χ0n) is 18.4. The van der Waals surface area contributed by atoms with E-state index in [-0.39, 0.29) is 12.0 Å². The maximum atomic E-state index is 12.8. The highest BCUT2D eigenvalue weighted by atomic mass is 16.5. The Morgan fingerprint density at radius 3 is 2.41 bits per heavy atom. The second kappa shape index (κ2) is 9.19. The lowest BCUT2D eigenvalue weighted by Gasteiger charge is -2.16. The standard InChI is InChI=1S/C28H23N3O3/c29-27(32)22-14-24(17-30-16-22)34-26-13-11-20-10-12-23(15-25(20)26)31-28(33)21-8-6-19(7-9-21)18-4-2-1-3-5-18/h1-10,12,14-17,26H,11,13H2,(H2,29,32)(H,31,33)/t26-/m0/s1. The molecule has 0 bridgehead atoms. The quantitative estimate of drug-likeness (QED) is 0.425. The Kier molecular flexibility index (Phi) is 5.79. The molecule has 1 aliphatic rings. The van der Waals surface area contributed by atoms with Crippen LogP contribution in [0.5, 0.6) is 5.75 Å². The molecule has 168 valence electrons. The summed E-state index contributed by atoms with van der Waals surface area (Å²) in [5, 5.41) is 2.99. The first kappa shape index (κ1) is 21.4. The molecule has 3 aromatic carbocycles. The Balaban J connectivity index is 1.30. The van der Waals surface area contributed by atoms with Crippen LogP contribution in [0.2, 0.25) is 0 Å². The van der Waals surface area contributed by atoms with Crippen LogP contribution < -0.4 is 15.8 Å². The van der Waals surface area contributed by atoms with E-state index in [2.05, 4.69) is 10.3 Å². The summed E-state index contributed by atoms with van der Waals surface area (Å²) in [5.74, 6) is -0.234. The van der Waals surface area contributed by atoms with E-state index in [0.29, 0.717) is 22.6 Å². The number of anilines is 1. The smallest absolute Gasteiger partial charge is 0.255 e. The van der Waals surface area contributed by atoms with Crippen molar-refractivity contribution in [3.8, 4) is 16.9 Å². The van der Waals surface area contributed by atoms with Crippen molar-refractivity contribution in [3.05, 3.63) is 114 Å². The van der Waals surface area contributed by atoms with Gasteiger partial charge in [0.2, 0.25) is 5.91 Å². The number of amides is 2. The Hall–Kier alpha value is -4.45. The van der Waals surface area contributed by atoms with Crippen LogP contribution in [0.4, 0.5) is 5.69 Å². The second-order valence-electron chi connectivity index (χ2n) is 8.23. The number of carbonyl (C=O) groups excluding carboxylic acids is 2. The highest BCUT2D eigenvalue weighted by Gasteiger charge is 2.25. The molecule has 0 saturated heterocycles. The Labute approximate surface area is 197 Å². The monoisotopic (exact) mass is 449 g/mol. The number of aryl methyl sites for hydroxylation is 1. The van der Waals surface area contributed by atoms with Crippen LogP contribution in [0, 0.1) is 0 Å². The fourth-order valence-corrected chi connectivity index (χ4v) is 4.19. The average Bonchev–Trinajstić information content (AvgIpc) is 3.26. The predicted molar refractivity (Wildman–Crippen MR) is 131 cm³/mol. The first-order valence-electron chi connectivity index (χ1n) is 11.1. The summed E-state index contributed by atoms with van der Waals surface area (Å²) in [6, 6.07) is 25.1. The molecule has 0 fully saturated rings. The lowest BCUT2D eigenvalue weighted by atomic mass is 10.0. The van der Waals surface area contributed by atoms with E-state index in [1.54, 1.807) is 12.3 Å². The van der Waals surface area contributed by atoms with E-state index < -0.39 is 5.91 Å². The van der Waals surface area contributed by atoms with Crippen molar-refractivity contribution in [2.24, 2.45) is 5.73 Å². The summed E-state index contributed by atoms with van der Waals surface area (Å²) in [5.41, 5.74) is 11.3. The van der Waals surface area contributed by atoms with Crippen molar-refractivity contribution in [3.63, 3.8) is 0 Å². The second-order valence-corrected chi connectivity index (χ2v) is 8.23. The van der Waals surface area contributed by atoms with Crippen LogP contribution in [0.15, 0.2) is 91.3 Å². The van der Waals surface area contributed by atoms with Crippen molar-refractivity contribution in [2.45, 2.75) is 18.9 Å². The third-order valence-electron chi connectivity index (χ3n) is 5.96. The molecule has 1 atom stereocenters. The number of carbonyl (C=O) groups is 2. The molecule has 0 aliphatic heterocycles. The average molecular weight is 450 g/mol. The number of nitrogens with one attached hydrogen (secondary N) is 1. The van der Waals surface area contributed by atoms with E-state index in [4.69, 9.17) is 10.5 Å². The van der Waals surface area contributed by atoms with Gasteiger partial charge in [-0.25, -0.2) is 0 Å². The molecule has 0 unspecified atom stereocenters. The molecular weight excluding hydrogens is 426 g/mol. The molecule has 6 heteroatoms. The molecule has 4 aromatic rings. The molecule has 0 saturated carbocycles. The Bertz CT molecular complexity index is 1350. The predicted octanol–water partition coefficient (Wildman–Crippen LogP) is 5.17. The fraction of sp³-hybridized carbons (Fsp3) is 0.107. The molecule has 1 heterocycles. The highest BCUT2D eigenvalue weighted by molar-refractivity contribution is 6.04. The number of hydrogen-bond acceptors (Lipinski definition) is 4. The number of nitrogens with two attached hydrogens (primary N) is 1. The molecule has 1 aromatic heterocycles. The number of benzene rings is 3.